The van der Waals surface area contributed by atoms with Crippen molar-refractivity contribution < 1.29 is 19.8 Å². The molecule has 2 amide bonds. The van der Waals surface area contributed by atoms with Gasteiger partial charge in [-0.3, -0.25) is 4.79 Å². The Morgan fingerprint density at radius 1 is 1.45 bits per heavy atom. The first kappa shape index (κ1) is 16.4. The molecule has 0 aromatic carbocycles. The van der Waals surface area contributed by atoms with E-state index in [0.717, 1.165) is 5.69 Å². The summed E-state index contributed by atoms with van der Waals surface area (Å²) in [6.07, 6.45) is -1.30. The van der Waals surface area contributed by atoms with Crippen molar-refractivity contribution >= 4 is 28.5 Å². The van der Waals surface area contributed by atoms with Crippen LogP contribution in [-0.4, -0.2) is 39.8 Å². The average molecular weight is 301 g/mol. The molecule has 1 aromatic heterocycles. The Morgan fingerprint density at radius 2 is 2.10 bits per heavy atom. The van der Waals surface area contributed by atoms with E-state index in [4.69, 9.17) is 10.2 Å². The molecule has 0 aliphatic heterocycles. The number of carbonyl (C=O) groups excluding carboxylic acids is 1. The fourth-order valence-electron chi connectivity index (χ4n) is 1.42. The molecule has 0 spiro atoms. The first-order valence-electron chi connectivity index (χ1n) is 6.11. The second-order valence-electron chi connectivity index (χ2n) is 5.29. The lowest BCUT2D eigenvalue weighted by Gasteiger charge is -2.15. The number of nitrogens with one attached hydrogen (secondary N) is 2. The minimum absolute atomic E-state index is 0.00956. The van der Waals surface area contributed by atoms with Crippen molar-refractivity contribution in [3.8, 4) is 0 Å². The lowest BCUT2D eigenvalue weighted by molar-refractivity contribution is -0.118. The van der Waals surface area contributed by atoms with E-state index < -0.39 is 18.0 Å². The molecule has 1 aromatic rings. The SMILES string of the molecule is CC(C)(C)c1csc(NC(=O)[C@H](CCO)NC(=O)O)n1. The number of thiazole rings is 1. The number of aliphatic hydroxyl groups excluding tert-OH is 1. The molecule has 0 saturated heterocycles. The third kappa shape index (κ3) is 4.78. The zero-order valence-corrected chi connectivity index (χ0v) is 12.5. The quantitative estimate of drug-likeness (QED) is 0.657. The maximum atomic E-state index is 11.9. The Labute approximate surface area is 121 Å². The van der Waals surface area contributed by atoms with Crippen molar-refractivity contribution in [3.05, 3.63) is 11.1 Å². The molecule has 0 unspecified atom stereocenters. The van der Waals surface area contributed by atoms with Crippen molar-refractivity contribution in [1.29, 1.82) is 0 Å². The van der Waals surface area contributed by atoms with Crippen molar-refractivity contribution in [1.82, 2.24) is 10.3 Å². The standard InChI is InChI=1S/C12H19N3O4S/c1-12(2,3)8-6-20-10(14-8)15-9(17)7(4-5-16)13-11(18)19/h6-7,13,16H,4-5H2,1-3H3,(H,18,19)(H,14,15,17)/t7-/m0/s1. The molecule has 0 fully saturated rings. The van der Waals surface area contributed by atoms with Crippen molar-refractivity contribution in [2.45, 2.75) is 38.6 Å². The molecular formula is C12H19N3O4S. The van der Waals surface area contributed by atoms with Gasteiger partial charge in [0, 0.05) is 17.4 Å². The molecule has 4 N–H and O–H groups in total. The summed E-state index contributed by atoms with van der Waals surface area (Å²) in [5.41, 5.74) is 0.728. The molecule has 1 atom stereocenters. The molecule has 0 bridgehead atoms. The summed E-state index contributed by atoms with van der Waals surface area (Å²) in [7, 11) is 0. The Hall–Kier alpha value is -1.67. The first-order chi connectivity index (χ1) is 9.24. The van der Waals surface area contributed by atoms with Gasteiger partial charge in [-0.05, 0) is 6.42 Å². The molecule has 1 rings (SSSR count). The van der Waals surface area contributed by atoms with Crippen LogP contribution in [0.2, 0.25) is 0 Å². The Bertz CT molecular complexity index is 481. The number of hydrogen-bond donors (Lipinski definition) is 4. The van der Waals surface area contributed by atoms with Gasteiger partial charge in [-0.25, -0.2) is 9.78 Å². The zero-order valence-electron chi connectivity index (χ0n) is 11.6. The molecule has 20 heavy (non-hydrogen) atoms. The lowest BCUT2D eigenvalue weighted by Crippen LogP contribution is -2.43. The molecule has 112 valence electrons. The Kier molecular flexibility index (Phi) is 5.46. The zero-order chi connectivity index (χ0) is 15.3. The van der Waals surface area contributed by atoms with Crippen LogP contribution in [0.3, 0.4) is 0 Å². The van der Waals surface area contributed by atoms with Gasteiger partial charge in [0.15, 0.2) is 5.13 Å². The van der Waals surface area contributed by atoms with E-state index in [0.29, 0.717) is 5.13 Å². The van der Waals surface area contributed by atoms with Gasteiger partial charge < -0.3 is 20.8 Å². The molecule has 0 radical (unpaired) electrons. The van der Waals surface area contributed by atoms with Crippen LogP contribution in [0.5, 0.6) is 0 Å². The summed E-state index contributed by atoms with van der Waals surface area (Å²) in [6, 6.07) is -1.00. The first-order valence-corrected chi connectivity index (χ1v) is 6.99. The number of amides is 2. The number of carboxylic acid groups (broad SMARTS) is 1. The van der Waals surface area contributed by atoms with Crippen molar-refractivity contribution in [2.24, 2.45) is 0 Å². The second kappa shape index (κ2) is 6.67. The average Bonchev–Trinajstić information content (AvgIpc) is 2.76. The smallest absolute Gasteiger partial charge is 0.405 e. The molecule has 7 nitrogen and oxygen atoms in total. The highest BCUT2D eigenvalue weighted by molar-refractivity contribution is 7.14. The van der Waals surface area contributed by atoms with Crippen molar-refractivity contribution in [2.75, 3.05) is 11.9 Å². The number of rotatable bonds is 5. The van der Waals surface area contributed by atoms with E-state index in [9.17, 15) is 9.59 Å². The highest BCUT2D eigenvalue weighted by atomic mass is 32.1. The molecular weight excluding hydrogens is 282 g/mol. The van der Waals surface area contributed by atoms with Crippen molar-refractivity contribution in [3.63, 3.8) is 0 Å². The number of carbonyl (C=O) groups is 2. The minimum atomic E-state index is -1.31. The number of nitrogens with zero attached hydrogens (tertiary/aromatic N) is 1. The van der Waals surface area contributed by atoms with Crippen LogP contribution in [0.15, 0.2) is 5.38 Å². The predicted molar refractivity (Wildman–Crippen MR) is 76.1 cm³/mol. The fourth-order valence-corrected chi connectivity index (χ4v) is 2.36. The predicted octanol–water partition coefficient (Wildman–Crippen LogP) is 1.40. The van der Waals surface area contributed by atoms with E-state index in [1.165, 1.54) is 11.3 Å². The van der Waals surface area contributed by atoms with Crippen LogP contribution in [0.4, 0.5) is 9.93 Å². The van der Waals surface area contributed by atoms with E-state index >= 15 is 0 Å². The van der Waals surface area contributed by atoms with E-state index in [2.05, 4.69) is 15.6 Å². The summed E-state index contributed by atoms with van der Waals surface area (Å²) in [6.45, 7) is 5.74. The van der Waals surface area contributed by atoms with Crippen LogP contribution < -0.4 is 10.6 Å². The lowest BCUT2D eigenvalue weighted by atomic mass is 9.93. The largest absolute Gasteiger partial charge is 0.465 e. The summed E-state index contributed by atoms with van der Waals surface area (Å²) in [5, 5.41) is 24.4. The highest BCUT2D eigenvalue weighted by Crippen LogP contribution is 2.26. The van der Waals surface area contributed by atoms with E-state index in [1.54, 1.807) is 0 Å². The van der Waals surface area contributed by atoms with Crippen LogP contribution >= 0.6 is 11.3 Å². The summed E-state index contributed by atoms with van der Waals surface area (Å²) < 4.78 is 0. The number of hydrogen-bond acceptors (Lipinski definition) is 5. The molecule has 0 aliphatic carbocycles. The Balaban J connectivity index is 2.72. The van der Waals surface area contributed by atoms with Gasteiger partial charge in [-0.2, -0.15) is 0 Å². The molecule has 8 heteroatoms. The number of aromatic nitrogens is 1. The van der Waals surface area contributed by atoms with Gasteiger partial charge in [0.2, 0.25) is 5.91 Å². The molecule has 1 heterocycles. The fraction of sp³-hybridized carbons (Fsp3) is 0.583. The van der Waals surface area contributed by atoms with Gasteiger partial charge in [-0.1, -0.05) is 20.8 Å². The van der Waals surface area contributed by atoms with Gasteiger partial charge >= 0.3 is 6.09 Å². The van der Waals surface area contributed by atoms with Crippen LogP contribution in [0.1, 0.15) is 32.9 Å². The summed E-state index contributed by atoms with van der Waals surface area (Å²) in [4.78, 5) is 26.8. The third-order valence-corrected chi connectivity index (χ3v) is 3.29. The normalized spacial score (nSPS) is 12.8. The topological polar surface area (TPSA) is 112 Å². The Morgan fingerprint density at radius 3 is 2.55 bits per heavy atom. The highest BCUT2D eigenvalue weighted by Gasteiger charge is 2.22. The second-order valence-corrected chi connectivity index (χ2v) is 6.15. The number of anilines is 1. The number of aliphatic hydroxyl groups is 1. The maximum absolute atomic E-state index is 11.9. The summed E-state index contributed by atoms with van der Waals surface area (Å²) >= 11 is 1.28. The van der Waals surface area contributed by atoms with Gasteiger partial charge in [0.25, 0.3) is 0 Å². The van der Waals surface area contributed by atoms with Crippen LogP contribution in [-0.2, 0) is 10.2 Å². The van der Waals surface area contributed by atoms with E-state index in [1.807, 2.05) is 26.2 Å². The molecule has 0 aliphatic rings. The molecule has 0 saturated carbocycles. The van der Waals surface area contributed by atoms with E-state index in [-0.39, 0.29) is 18.4 Å². The van der Waals surface area contributed by atoms with Gasteiger partial charge in [0.05, 0.1) is 5.69 Å². The van der Waals surface area contributed by atoms with Crippen LogP contribution in [0, 0.1) is 0 Å². The maximum Gasteiger partial charge on any atom is 0.405 e. The van der Waals surface area contributed by atoms with Gasteiger partial charge in [-0.15, -0.1) is 11.3 Å². The monoisotopic (exact) mass is 301 g/mol. The third-order valence-electron chi connectivity index (χ3n) is 2.53. The minimum Gasteiger partial charge on any atom is -0.465 e. The van der Waals surface area contributed by atoms with Crippen LogP contribution in [0.25, 0.3) is 0 Å². The summed E-state index contributed by atoms with van der Waals surface area (Å²) in [5.74, 6) is -0.531. The van der Waals surface area contributed by atoms with Gasteiger partial charge in [0.1, 0.15) is 6.04 Å².